The SMILES string of the molecule is CCCC1(CCCC(=O)CC(C)(C)C)C=C(O)CO1. The first-order chi connectivity index (χ1) is 8.76. The van der Waals surface area contributed by atoms with Crippen LogP contribution in [0.4, 0.5) is 0 Å². The molecule has 1 N–H and O–H groups in total. The number of Topliss-reactive ketones (excluding diaryl/α,β-unsaturated/α-hetero) is 1. The zero-order valence-electron chi connectivity index (χ0n) is 12.8. The Bertz CT molecular complexity index is 338. The van der Waals surface area contributed by atoms with Crippen molar-refractivity contribution in [2.24, 2.45) is 5.41 Å². The van der Waals surface area contributed by atoms with Gasteiger partial charge in [0.25, 0.3) is 0 Å². The summed E-state index contributed by atoms with van der Waals surface area (Å²) in [5.41, 5.74) is -0.263. The smallest absolute Gasteiger partial charge is 0.133 e. The quantitative estimate of drug-likeness (QED) is 0.753. The molecular formula is C16H28O3. The van der Waals surface area contributed by atoms with Crippen molar-refractivity contribution in [3.05, 3.63) is 11.8 Å². The molecule has 0 spiro atoms. The molecule has 1 rings (SSSR count). The molecular weight excluding hydrogens is 240 g/mol. The van der Waals surface area contributed by atoms with Crippen molar-refractivity contribution in [1.82, 2.24) is 0 Å². The molecule has 1 unspecified atom stereocenters. The molecule has 1 heterocycles. The summed E-state index contributed by atoms with van der Waals surface area (Å²) in [6.07, 6.45) is 6.66. The van der Waals surface area contributed by atoms with Crippen LogP contribution in [0.1, 0.15) is 66.2 Å². The molecule has 0 amide bonds. The lowest BCUT2D eigenvalue weighted by Crippen LogP contribution is -2.27. The van der Waals surface area contributed by atoms with Gasteiger partial charge in [0.05, 0.1) is 5.60 Å². The standard InChI is InChI=1S/C16H28O3/c1-5-8-16(11-14(18)12-19-16)9-6-7-13(17)10-15(2,3)4/h11,18H,5-10,12H2,1-4H3. The van der Waals surface area contributed by atoms with E-state index in [0.29, 0.717) is 31.0 Å². The van der Waals surface area contributed by atoms with Crippen LogP contribution >= 0.6 is 0 Å². The van der Waals surface area contributed by atoms with Crippen molar-refractivity contribution in [3.63, 3.8) is 0 Å². The summed E-state index contributed by atoms with van der Waals surface area (Å²) in [5, 5.41) is 9.52. The topological polar surface area (TPSA) is 46.5 Å². The number of ether oxygens (including phenoxy) is 1. The molecule has 19 heavy (non-hydrogen) atoms. The Kier molecular flexibility index (Phi) is 5.60. The zero-order chi connectivity index (χ0) is 14.5. The molecule has 0 aliphatic carbocycles. The number of hydrogen-bond acceptors (Lipinski definition) is 3. The highest BCUT2D eigenvalue weighted by atomic mass is 16.5. The second kappa shape index (κ2) is 6.56. The molecule has 0 aromatic carbocycles. The highest BCUT2D eigenvalue weighted by molar-refractivity contribution is 5.78. The van der Waals surface area contributed by atoms with E-state index in [0.717, 1.165) is 25.7 Å². The minimum Gasteiger partial charge on any atom is -0.510 e. The van der Waals surface area contributed by atoms with Gasteiger partial charge in [-0.25, -0.2) is 0 Å². The van der Waals surface area contributed by atoms with Crippen molar-refractivity contribution < 1.29 is 14.6 Å². The number of carbonyl (C=O) groups is 1. The van der Waals surface area contributed by atoms with Crippen LogP contribution in [0.25, 0.3) is 0 Å². The van der Waals surface area contributed by atoms with Crippen LogP contribution in [0.3, 0.4) is 0 Å². The number of rotatable bonds is 7. The van der Waals surface area contributed by atoms with Gasteiger partial charge in [-0.2, -0.15) is 0 Å². The molecule has 0 aromatic rings. The first-order valence-corrected chi connectivity index (χ1v) is 7.33. The van der Waals surface area contributed by atoms with E-state index in [1.165, 1.54) is 0 Å². The van der Waals surface area contributed by atoms with Crippen LogP contribution in [0.15, 0.2) is 11.8 Å². The van der Waals surface area contributed by atoms with Gasteiger partial charge in [0.2, 0.25) is 0 Å². The van der Waals surface area contributed by atoms with Crippen LogP contribution in [0.2, 0.25) is 0 Å². The lowest BCUT2D eigenvalue weighted by atomic mass is 9.87. The van der Waals surface area contributed by atoms with Crippen LogP contribution in [-0.2, 0) is 9.53 Å². The average molecular weight is 268 g/mol. The third kappa shape index (κ3) is 5.77. The first kappa shape index (κ1) is 16.2. The number of hydrogen-bond donors (Lipinski definition) is 1. The second-order valence-electron chi connectivity index (χ2n) is 6.87. The summed E-state index contributed by atoms with van der Waals surface area (Å²) >= 11 is 0. The van der Waals surface area contributed by atoms with Crippen LogP contribution < -0.4 is 0 Å². The Morgan fingerprint density at radius 3 is 2.58 bits per heavy atom. The fraction of sp³-hybridized carbons (Fsp3) is 0.812. The van der Waals surface area contributed by atoms with Crippen molar-refractivity contribution in [1.29, 1.82) is 0 Å². The Morgan fingerprint density at radius 1 is 1.42 bits per heavy atom. The Labute approximate surface area is 117 Å². The molecule has 0 aromatic heterocycles. The molecule has 1 aliphatic heterocycles. The zero-order valence-corrected chi connectivity index (χ0v) is 12.8. The average Bonchev–Trinajstić information content (AvgIpc) is 2.58. The summed E-state index contributed by atoms with van der Waals surface area (Å²) < 4.78 is 5.72. The Morgan fingerprint density at radius 2 is 2.11 bits per heavy atom. The van der Waals surface area contributed by atoms with Gasteiger partial charge in [0.15, 0.2) is 0 Å². The van der Waals surface area contributed by atoms with Gasteiger partial charge in [-0.15, -0.1) is 0 Å². The lowest BCUT2D eigenvalue weighted by molar-refractivity contribution is -0.121. The highest BCUT2D eigenvalue weighted by Crippen LogP contribution is 2.33. The van der Waals surface area contributed by atoms with Gasteiger partial charge in [0.1, 0.15) is 18.1 Å². The maximum Gasteiger partial charge on any atom is 0.133 e. The van der Waals surface area contributed by atoms with Crippen LogP contribution in [0.5, 0.6) is 0 Å². The summed E-state index contributed by atoms with van der Waals surface area (Å²) in [4.78, 5) is 11.9. The van der Waals surface area contributed by atoms with Gasteiger partial charge in [-0.1, -0.05) is 34.1 Å². The molecule has 1 atom stereocenters. The summed E-state index contributed by atoms with van der Waals surface area (Å²) in [6.45, 7) is 8.69. The predicted molar refractivity (Wildman–Crippen MR) is 77.2 cm³/mol. The fourth-order valence-corrected chi connectivity index (χ4v) is 2.71. The third-order valence-electron chi connectivity index (χ3n) is 3.39. The minimum atomic E-state index is -0.332. The number of carbonyl (C=O) groups excluding carboxylic acids is 1. The highest BCUT2D eigenvalue weighted by Gasteiger charge is 2.33. The van der Waals surface area contributed by atoms with E-state index in [4.69, 9.17) is 4.74 Å². The van der Waals surface area contributed by atoms with Crippen LogP contribution in [-0.4, -0.2) is 23.1 Å². The number of aliphatic hydroxyl groups excluding tert-OH is 1. The van der Waals surface area contributed by atoms with E-state index in [1.54, 1.807) is 0 Å². The van der Waals surface area contributed by atoms with E-state index in [2.05, 4.69) is 27.7 Å². The molecule has 0 saturated carbocycles. The maximum absolute atomic E-state index is 11.9. The van der Waals surface area contributed by atoms with E-state index < -0.39 is 0 Å². The van der Waals surface area contributed by atoms with Gasteiger partial charge in [0, 0.05) is 12.8 Å². The van der Waals surface area contributed by atoms with Crippen molar-refractivity contribution in [2.75, 3.05) is 6.61 Å². The van der Waals surface area contributed by atoms with E-state index in [9.17, 15) is 9.90 Å². The van der Waals surface area contributed by atoms with Gasteiger partial charge >= 0.3 is 0 Å². The fourth-order valence-electron chi connectivity index (χ4n) is 2.71. The molecule has 1 aliphatic rings. The molecule has 3 nitrogen and oxygen atoms in total. The van der Waals surface area contributed by atoms with E-state index in [-0.39, 0.29) is 11.0 Å². The lowest BCUT2D eigenvalue weighted by Gasteiger charge is -2.26. The third-order valence-corrected chi connectivity index (χ3v) is 3.39. The minimum absolute atomic E-state index is 0.0697. The number of ketones is 1. The summed E-state index contributed by atoms with van der Waals surface area (Å²) in [6, 6.07) is 0. The maximum atomic E-state index is 11.9. The Balaban J connectivity index is 2.40. The molecule has 3 heteroatoms. The molecule has 110 valence electrons. The first-order valence-electron chi connectivity index (χ1n) is 7.33. The van der Waals surface area contributed by atoms with Gasteiger partial charge in [-0.3, -0.25) is 4.79 Å². The summed E-state index contributed by atoms with van der Waals surface area (Å²) in [7, 11) is 0. The largest absolute Gasteiger partial charge is 0.510 e. The van der Waals surface area contributed by atoms with E-state index in [1.807, 2.05) is 6.08 Å². The van der Waals surface area contributed by atoms with Gasteiger partial charge < -0.3 is 9.84 Å². The molecule has 0 bridgehead atoms. The monoisotopic (exact) mass is 268 g/mol. The van der Waals surface area contributed by atoms with Crippen molar-refractivity contribution >= 4 is 5.78 Å². The molecule has 0 fully saturated rings. The Hall–Kier alpha value is -0.830. The van der Waals surface area contributed by atoms with E-state index >= 15 is 0 Å². The van der Waals surface area contributed by atoms with Crippen molar-refractivity contribution in [3.8, 4) is 0 Å². The van der Waals surface area contributed by atoms with Crippen molar-refractivity contribution in [2.45, 2.75) is 71.8 Å². The second-order valence-corrected chi connectivity index (χ2v) is 6.87. The molecule has 0 saturated heterocycles. The molecule has 0 radical (unpaired) electrons. The normalized spacial score (nSPS) is 23.5. The summed E-state index contributed by atoms with van der Waals surface area (Å²) in [5.74, 6) is 0.653. The number of aliphatic hydroxyl groups is 1. The van der Waals surface area contributed by atoms with Crippen LogP contribution in [0, 0.1) is 5.41 Å². The predicted octanol–water partition coefficient (Wildman–Crippen LogP) is 4.17. The van der Waals surface area contributed by atoms with Gasteiger partial charge in [-0.05, 0) is 30.8 Å².